The minimum absolute atomic E-state index is 0. The van der Waals surface area contributed by atoms with Crippen LogP contribution in [-0.2, 0) is 37.7 Å². The number of aromatic nitrogens is 1. The molecule has 1 aliphatic rings. The van der Waals surface area contributed by atoms with E-state index in [1.165, 1.54) is 23.9 Å². The van der Waals surface area contributed by atoms with E-state index >= 15 is 0 Å². The number of ketones is 1. The van der Waals surface area contributed by atoms with Gasteiger partial charge in [0.2, 0.25) is 0 Å². The fourth-order valence-electron chi connectivity index (χ4n) is 6.62. The van der Waals surface area contributed by atoms with Gasteiger partial charge in [-0.05, 0) is 93.4 Å². The Kier molecular flexibility index (Phi) is 9.68. The zero-order valence-electron chi connectivity index (χ0n) is 41.5. The third-order valence-electron chi connectivity index (χ3n) is 10.0. The Morgan fingerprint density at radius 3 is 2.15 bits per heavy atom. The second-order valence-electron chi connectivity index (χ2n) is 16.4. The number of hydrogen-bond donors (Lipinski definition) is 1. The molecule has 2 heterocycles. The number of pyridine rings is 1. The normalized spacial score (nSPS) is 15.6. The number of carbonyl (C=O) groups is 1. The first kappa shape index (κ1) is 30.4. The molecule has 1 radical (unpaired) electrons. The van der Waals surface area contributed by atoms with E-state index in [1.54, 1.807) is 0 Å². The van der Waals surface area contributed by atoms with Crippen LogP contribution in [0, 0.1) is 28.2 Å². The monoisotopic (exact) mass is 902 g/mol. The fraction of sp³-hybridized carbons (Fsp3) is 0.447. The summed E-state index contributed by atoms with van der Waals surface area (Å²) in [6.07, 6.45) is 5.45. The number of benzene rings is 4. The molecule has 0 aliphatic carbocycles. The van der Waals surface area contributed by atoms with Crippen molar-refractivity contribution >= 4 is 49.9 Å². The summed E-state index contributed by atoms with van der Waals surface area (Å²) in [4.78, 5) is 17.6. The molecule has 0 unspecified atom stereocenters. The summed E-state index contributed by atoms with van der Waals surface area (Å²) in [5, 5.41) is 12.5. The molecule has 5 heteroatoms. The van der Waals surface area contributed by atoms with Crippen LogP contribution in [0.25, 0.3) is 43.6 Å². The summed E-state index contributed by atoms with van der Waals surface area (Å²) in [6, 6.07) is 3.81. The Balaban J connectivity index is 0.000000412. The Hall–Kier alpha value is -2.98. The molecule has 0 fully saturated rings. The molecular formula is C47H58IrNO2S-. The van der Waals surface area contributed by atoms with Gasteiger partial charge in [0.1, 0.15) is 5.76 Å². The minimum Gasteiger partial charge on any atom is -0.512 e. The standard InChI is InChI=1S/C33H32NS.C14H26O2.Ir/c1-32(2,3)18-21-11-9-13-23-24-14-15-34-30-26-16-20-10-7-8-12-22(20)27(19-33(4,5)6)31(26)35-28(29(24)30)17-25(21)23;1-6-11(7-2)12(15)10-13(16)14(5,8-3)9-4;/h7-15,17H,18-19H2,1-6H3;10-11,16H,6-9H2,1-5H3;/q-1;;/b;13-10-;/i7D,8D,9D,10D,11D,12D,14D,15D,17D;;. The Morgan fingerprint density at radius 1 is 0.885 bits per heavy atom. The third kappa shape index (κ3) is 8.86. The summed E-state index contributed by atoms with van der Waals surface area (Å²) in [7, 11) is 0. The van der Waals surface area contributed by atoms with Crippen molar-refractivity contribution in [3.05, 3.63) is 89.6 Å². The topological polar surface area (TPSA) is 50.2 Å². The zero-order valence-corrected chi connectivity index (χ0v) is 35.7. The average Bonchev–Trinajstić information content (AvgIpc) is 3.17. The van der Waals surface area contributed by atoms with Crippen LogP contribution in [0.3, 0.4) is 0 Å². The Bertz CT molecular complexity index is 2590. The van der Waals surface area contributed by atoms with Crippen LogP contribution in [0.15, 0.2) is 82.2 Å². The zero-order chi connectivity index (χ0) is 45.1. The van der Waals surface area contributed by atoms with Crippen LogP contribution in [-0.4, -0.2) is 15.9 Å². The molecule has 0 amide bonds. The van der Waals surface area contributed by atoms with Gasteiger partial charge in [-0.3, -0.25) is 9.78 Å². The number of carbonyl (C=O) groups excluding carboxylic acids is 1. The van der Waals surface area contributed by atoms with Crippen LogP contribution in [0.2, 0.25) is 0 Å². The van der Waals surface area contributed by atoms with Gasteiger partial charge in [-0.1, -0.05) is 129 Å². The van der Waals surface area contributed by atoms with Crippen LogP contribution in [0.4, 0.5) is 0 Å². The van der Waals surface area contributed by atoms with Gasteiger partial charge in [0.05, 0.1) is 11.0 Å². The van der Waals surface area contributed by atoms with Crippen molar-refractivity contribution in [2.45, 2.75) is 124 Å². The molecule has 0 bridgehead atoms. The molecule has 0 saturated heterocycles. The first-order chi connectivity index (χ1) is 27.8. The summed E-state index contributed by atoms with van der Waals surface area (Å²) < 4.78 is 79.0. The van der Waals surface area contributed by atoms with Crippen LogP contribution in [0.5, 0.6) is 0 Å². The molecule has 52 heavy (non-hydrogen) atoms. The number of aliphatic hydroxyl groups excluding tert-OH is 1. The predicted molar refractivity (Wildman–Crippen MR) is 220 cm³/mol. The summed E-state index contributed by atoms with van der Waals surface area (Å²) in [6.45, 7) is 22.4. The van der Waals surface area contributed by atoms with Gasteiger partial charge < -0.3 is 5.11 Å². The average molecular weight is 902 g/mol. The molecule has 279 valence electrons. The van der Waals surface area contributed by atoms with Gasteiger partial charge in [-0.2, -0.15) is 0 Å². The second-order valence-corrected chi connectivity index (χ2v) is 17.5. The quantitative estimate of drug-likeness (QED) is 0.0680. The molecular weight excluding hydrogens is 835 g/mol. The maximum atomic E-state index is 11.9. The molecule has 4 aromatic carbocycles. The van der Waals surface area contributed by atoms with Gasteiger partial charge >= 0.3 is 0 Å². The molecule has 3 nitrogen and oxygen atoms in total. The van der Waals surface area contributed by atoms with Crippen LogP contribution in [0.1, 0.15) is 125 Å². The number of fused-ring (bicyclic) bond motifs is 5. The first-order valence-corrected chi connectivity index (χ1v) is 19.1. The van der Waals surface area contributed by atoms with E-state index < -0.39 is 0 Å². The van der Waals surface area contributed by atoms with E-state index in [1.807, 2.05) is 55.4 Å². The van der Waals surface area contributed by atoms with Crippen molar-refractivity contribution < 1.29 is 42.3 Å². The van der Waals surface area contributed by atoms with Crippen LogP contribution >= 0.6 is 11.8 Å². The maximum absolute atomic E-state index is 11.9. The van der Waals surface area contributed by atoms with E-state index in [4.69, 9.17) is 11.0 Å². The molecule has 0 saturated carbocycles. The summed E-state index contributed by atoms with van der Waals surface area (Å²) in [5.74, 6) is 0.366. The van der Waals surface area contributed by atoms with E-state index in [-0.39, 0.29) is 114 Å². The molecule has 6 rings (SSSR count). The number of rotatable bonds is 9. The number of hydrogen-bond acceptors (Lipinski definition) is 4. The third-order valence-corrected chi connectivity index (χ3v) is 11.2. The van der Waals surface area contributed by atoms with Crippen molar-refractivity contribution in [3.8, 4) is 11.3 Å². The first-order valence-electron chi connectivity index (χ1n) is 22.7. The van der Waals surface area contributed by atoms with Crippen molar-refractivity contribution in [1.29, 1.82) is 0 Å². The molecule has 1 aromatic heterocycles. The van der Waals surface area contributed by atoms with E-state index in [9.17, 15) is 11.3 Å². The van der Waals surface area contributed by atoms with Crippen LogP contribution < -0.4 is 0 Å². The summed E-state index contributed by atoms with van der Waals surface area (Å²) >= 11 is 1.31. The molecule has 5 aromatic rings. The van der Waals surface area contributed by atoms with Gasteiger partial charge in [0, 0.05) is 55.6 Å². The molecule has 1 aliphatic heterocycles. The van der Waals surface area contributed by atoms with Crippen molar-refractivity contribution in [3.63, 3.8) is 0 Å². The van der Waals surface area contributed by atoms with Gasteiger partial charge in [0.25, 0.3) is 0 Å². The fourth-order valence-corrected chi connectivity index (χ4v) is 7.82. The van der Waals surface area contributed by atoms with E-state index in [0.29, 0.717) is 71.9 Å². The van der Waals surface area contributed by atoms with E-state index in [0.717, 1.165) is 25.7 Å². The van der Waals surface area contributed by atoms with Crippen molar-refractivity contribution in [2.24, 2.45) is 22.2 Å². The Labute approximate surface area is 343 Å². The SMILES string of the molecule is CCC(CC)C(=O)/C=C(\O)C(C)(CC)CC.[2H]c1cc2c(c([2H])c3c4c(nc([2H])c([2H])c42)-c2[c-]c4c([2H])c([2H])c([2H])c([2H])c4c(CC(C)(C)C)c2S3)c(CC(C)(C)C)c1[2H].[Ir]. The smallest absolute Gasteiger partial charge is 0.162 e. The summed E-state index contributed by atoms with van der Waals surface area (Å²) in [5.41, 5.74) is 1.32. The predicted octanol–water partition coefficient (Wildman–Crippen LogP) is 13.9. The number of allylic oxidation sites excluding steroid dienone is 2. The minimum atomic E-state index is -0.356. The van der Waals surface area contributed by atoms with Gasteiger partial charge in [-0.25, -0.2) is 0 Å². The number of aliphatic hydroxyl groups is 1. The van der Waals surface area contributed by atoms with Gasteiger partial charge in [0.15, 0.2) is 5.78 Å². The molecule has 0 atom stereocenters. The molecule has 0 spiro atoms. The second kappa shape index (κ2) is 16.6. The number of nitrogens with zero attached hydrogens (tertiary/aromatic N) is 1. The largest absolute Gasteiger partial charge is 0.512 e. The van der Waals surface area contributed by atoms with Crippen molar-refractivity contribution in [2.75, 3.05) is 0 Å². The van der Waals surface area contributed by atoms with Gasteiger partial charge in [-0.15, -0.1) is 29.3 Å². The maximum Gasteiger partial charge on any atom is 0.162 e. The Morgan fingerprint density at radius 2 is 1.54 bits per heavy atom. The van der Waals surface area contributed by atoms with Crippen molar-refractivity contribution in [1.82, 2.24) is 4.98 Å². The molecule has 1 N–H and O–H groups in total. The van der Waals surface area contributed by atoms with E-state index in [2.05, 4.69) is 31.8 Å².